The summed E-state index contributed by atoms with van der Waals surface area (Å²) in [5, 5.41) is 3.11. The second-order valence-corrected chi connectivity index (χ2v) is 3.06. The van der Waals surface area contributed by atoms with Gasteiger partial charge in [0.15, 0.2) is 0 Å². The maximum atomic E-state index is 11.3. The number of nitrogens with one attached hydrogen (secondary N) is 2. The van der Waals surface area contributed by atoms with Crippen LogP contribution in [0.4, 0.5) is 5.82 Å². The Morgan fingerprint density at radius 3 is 3.15 bits per heavy atom. The number of fused-ring (bicyclic) bond motifs is 1. The van der Waals surface area contributed by atoms with Crippen molar-refractivity contribution in [3.05, 3.63) is 16.2 Å². The molecule has 0 atom stereocenters. The van der Waals surface area contributed by atoms with Crippen molar-refractivity contribution in [2.24, 2.45) is 0 Å². The van der Waals surface area contributed by atoms with Crippen molar-refractivity contribution < 1.29 is 4.79 Å². The van der Waals surface area contributed by atoms with Gasteiger partial charge in [-0.1, -0.05) is 0 Å². The fourth-order valence-corrected chi connectivity index (χ4v) is 1.62. The number of carbonyl (C=O) groups is 1. The first-order valence-electron chi connectivity index (χ1n) is 4.32. The van der Waals surface area contributed by atoms with Crippen LogP contribution in [0, 0.1) is 0 Å². The van der Waals surface area contributed by atoms with Crippen LogP contribution in [-0.4, -0.2) is 22.4 Å². The smallest absolute Gasteiger partial charge is 0.327 e. The molecule has 1 aliphatic rings. The van der Waals surface area contributed by atoms with Crippen LogP contribution in [0.1, 0.15) is 12.1 Å². The molecular weight excluding hydrogens is 170 g/mol. The summed E-state index contributed by atoms with van der Waals surface area (Å²) in [6.45, 7) is 0.987. The van der Waals surface area contributed by atoms with Crippen molar-refractivity contribution in [2.75, 3.05) is 11.9 Å². The van der Waals surface area contributed by atoms with E-state index in [9.17, 15) is 9.59 Å². The lowest BCUT2D eigenvalue weighted by molar-refractivity contribution is -0.108. The van der Waals surface area contributed by atoms with Crippen LogP contribution in [0.15, 0.2) is 4.79 Å². The van der Waals surface area contributed by atoms with Gasteiger partial charge in [0.1, 0.15) is 12.1 Å². The van der Waals surface area contributed by atoms with E-state index in [1.165, 1.54) is 4.57 Å². The second kappa shape index (κ2) is 3.08. The molecule has 0 fully saturated rings. The Balaban J connectivity index is 2.48. The molecule has 0 amide bonds. The summed E-state index contributed by atoms with van der Waals surface area (Å²) >= 11 is 0. The van der Waals surface area contributed by atoms with Crippen LogP contribution in [-0.2, 0) is 17.8 Å². The number of H-pyrrole nitrogens is 1. The fourth-order valence-electron chi connectivity index (χ4n) is 1.62. The van der Waals surface area contributed by atoms with Crippen LogP contribution in [0.2, 0.25) is 0 Å². The number of nitrogens with zero attached hydrogens (tertiary/aromatic N) is 1. The predicted molar refractivity (Wildman–Crippen MR) is 47.9 cm³/mol. The van der Waals surface area contributed by atoms with Gasteiger partial charge in [-0.15, -0.1) is 0 Å². The third-order valence-electron chi connectivity index (χ3n) is 2.21. The Morgan fingerprint density at radius 2 is 2.38 bits per heavy atom. The Morgan fingerprint density at radius 1 is 1.54 bits per heavy atom. The standard InChI is InChI=1S/C8H11N3O2/c12-5-4-11-7-6(10-8(11)13)2-1-3-9-7/h5,9H,1-4H2,(H,10,13). The van der Waals surface area contributed by atoms with Gasteiger partial charge in [0, 0.05) is 6.54 Å². The zero-order valence-corrected chi connectivity index (χ0v) is 7.17. The van der Waals surface area contributed by atoms with Gasteiger partial charge in [-0.2, -0.15) is 0 Å². The van der Waals surface area contributed by atoms with Crippen molar-refractivity contribution in [3.63, 3.8) is 0 Å². The average Bonchev–Trinajstić information content (AvgIpc) is 2.44. The number of rotatable bonds is 2. The zero-order valence-electron chi connectivity index (χ0n) is 7.17. The van der Waals surface area contributed by atoms with Gasteiger partial charge >= 0.3 is 5.69 Å². The third kappa shape index (κ3) is 1.26. The summed E-state index contributed by atoms with van der Waals surface area (Å²) in [5.41, 5.74) is 0.713. The highest BCUT2D eigenvalue weighted by Gasteiger charge is 2.16. The largest absolute Gasteiger partial charge is 0.370 e. The van der Waals surface area contributed by atoms with Crippen molar-refractivity contribution >= 4 is 12.1 Å². The van der Waals surface area contributed by atoms with Crippen LogP contribution in [0.3, 0.4) is 0 Å². The molecule has 5 heteroatoms. The van der Waals surface area contributed by atoms with Gasteiger partial charge in [-0.3, -0.25) is 4.57 Å². The minimum absolute atomic E-state index is 0.123. The highest BCUT2D eigenvalue weighted by molar-refractivity contribution is 5.53. The molecular formula is C8H11N3O2. The molecule has 1 aromatic rings. The van der Waals surface area contributed by atoms with E-state index >= 15 is 0 Å². The van der Waals surface area contributed by atoms with E-state index in [0.29, 0.717) is 0 Å². The molecule has 1 aliphatic heterocycles. The van der Waals surface area contributed by atoms with E-state index in [-0.39, 0.29) is 12.2 Å². The van der Waals surface area contributed by atoms with Crippen molar-refractivity contribution in [1.29, 1.82) is 0 Å². The number of imidazole rings is 1. The minimum atomic E-state index is -0.202. The molecule has 0 spiro atoms. The van der Waals surface area contributed by atoms with Crippen LogP contribution >= 0.6 is 0 Å². The molecule has 0 aromatic carbocycles. The third-order valence-corrected chi connectivity index (χ3v) is 2.21. The number of aromatic amines is 1. The van der Waals surface area contributed by atoms with E-state index in [0.717, 1.165) is 37.2 Å². The monoisotopic (exact) mass is 181 g/mol. The van der Waals surface area contributed by atoms with Gasteiger partial charge in [0.05, 0.1) is 12.2 Å². The maximum Gasteiger partial charge on any atom is 0.327 e. The molecule has 0 saturated carbocycles. The van der Waals surface area contributed by atoms with Crippen molar-refractivity contribution in [3.8, 4) is 0 Å². The van der Waals surface area contributed by atoms with Gasteiger partial charge in [0.2, 0.25) is 0 Å². The topological polar surface area (TPSA) is 66.9 Å². The molecule has 0 bridgehead atoms. The van der Waals surface area contributed by atoms with E-state index in [1.807, 2.05) is 0 Å². The lowest BCUT2D eigenvalue weighted by Gasteiger charge is -2.14. The van der Waals surface area contributed by atoms with Crippen LogP contribution in [0.5, 0.6) is 0 Å². The number of hydrogen-bond acceptors (Lipinski definition) is 3. The normalized spacial score (nSPS) is 14.8. The second-order valence-electron chi connectivity index (χ2n) is 3.06. The van der Waals surface area contributed by atoms with Gasteiger partial charge in [-0.25, -0.2) is 4.79 Å². The first-order valence-corrected chi connectivity index (χ1v) is 4.32. The zero-order chi connectivity index (χ0) is 9.26. The van der Waals surface area contributed by atoms with Crippen molar-refractivity contribution in [1.82, 2.24) is 9.55 Å². The first-order chi connectivity index (χ1) is 6.33. The SMILES string of the molecule is O=CCn1c2c([nH]c1=O)CCCN2. The Hall–Kier alpha value is -1.52. The summed E-state index contributed by atoms with van der Waals surface area (Å²) in [5.74, 6) is 0.781. The quantitative estimate of drug-likeness (QED) is 0.617. The minimum Gasteiger partial charge on any atom is -0.370 e. The highest BCUT2D eigenvalue weighted by Crippen LogP contribution is 2.17. The molecule has 0 aliphatic carbocycles. The molecule has 70 valence electrons. The highest BCUT2D eigenvalue weighted by atomic mass is 16.1. The van der Waals surface area contributed by atoms with E-state index in [4.69, 9.17) is 0 Å². The number of carbonyl (C=O) groups excluding carboxylic acids is 1. The summed E-state index contributed by atoms with van der Waals surface area (Å²) in [4.78, 5) is 24.3. The first kappa shape index (κ1) is 8.10. The predicted octanol–water partition coefficient (Wildman–Crippen LogP) is -0.267. The molecule has 2 rings (SSSR count). The van der Waals surface area contributed by atoms with Gasteiger partial charge in [-0.05, 0) is 12.8 Å². The molecule has 1 aromatic heterocycles. The maximum absolute atomic E-state index is 11.3. The Kier molecular flexibility index (Phi) is 1.92. The van der Waals surface area contributed by atoms with Gasteiger partial charge < -0.3 is 15.1 Å². The average molecular weight is 181 g/mol. The Labute approximate surface area is 74.8 Å². The summed E-state index contributed by atoms with van der Waals surface area (Å²) < 4.78 is 1.43. The number of hydrogen-bond donors (Lipinski definition) is 2. The molecule has 5 nitrogen and oxygen atoms in total. The number of aldehydes is 1. The van der Waals surface area contributed by atoms with E-state index in [2.05, 4.69) is 10.3 Å². The van der Waals surface area contributed by atoms with Crippen molar-refractivity contribution in [2.45, 2.75) is 19.4 Å². The molecule has 0 saturated heterocycles. The molecule has 2 N–H and O–H groups in total. The summed E-state index contributed by atoms with van der Waals surface area (Å²) in [6, 6.07) is 0. The lowest BCUT2D eigenvalue weighted by atomic mass is 10.2. The van der Waals surface area contributed by atoms with E-state index in [1.54, 1.807) is 0 Å². The van der Waals surface area contributed by atoms with Gasteiger partial charge in [0.25, 0.3) is 0 Å². The number of aryl methyl sites for hydroxylation is 1. The molecule has 2 heterocycles. The number of aromatic nitrogens is 2. The fraction of sp³-hybridized carbons (Fsp3) is 0.500. The van der Waals surface area contributed by atoms with Crippen LogP contribution < -0.4 is 11.0 Å². The summed E-state index contributed by atoms with van der Waals surface area (Å²) in [6.07, 6.45) is 2.63. The Bertz CT molecular complexity index is 377. The molecule has 13 heavy (non-hydrogen) atoms. The molecule has 0 unspecified atom stereocenters. The summed E-state index contributed by atoms with van der Waals surface area (Å²) in [7, 11) is 0. The lowest BCUT2D eigenvalue weighted by Crippen LogP contribution is -2.20. The van der Waals surface area contributed by atoms with Crippen LogP contribution in [0.25, 0.3) is 0 Å². The number of anilines is 1. The molecule has 0 radical (unpaired) electrons. The van der Waals surface area contributed by atoms with E-state index < -0.39 is 0 Å².